The summed E-state index contributed by atoms with van der Waals surface area (Å²) in [6.07, 6.45) is 2.92. The molecule has 0 bridgehead atoms. The molecule has 0 aliphatic rings. The second-order valence-electron chi connectivity index (χ2n) is 5.73. The zero-order valence-electron chi connectivity index (χ0n) is 13.9. The van der Waals surface area contributed by atoms with Crippen molar-refractivity contribution in [3.05, 3.63) is 76.8 Å². The van der Waals surface area contributed by atoms with Crippen molar-refractivity contribution >= 4 is 35.0 Å². The Balaban J connectivity index is 1.69. The number of anilines is 2. The number of amides is 1. The van der Waals surface area contributed by atoms with Crippen LogP contribution in [-0.4, -0.2) is 5.91 Å². The van der Waals surface area contributed by atoms with Gasteiger partial charge in [-0.05, 0) is 67.1 Å². The van der Waals surface area contributed by atoms with Crippen LogP contribution in [0.3, 0.4) is 0 Å². The van der Waals surface area contributed by atoms with Gasteiger partial charge in [-0.15, -0.1) is 0 Å². The fraction of sp³-hybridized carbons (Fsp3) is 0.0500. The summed E-state index contributed by atoms with van der Waals surface area (Å²) in [5.41, 5.74) is 8.55. The summed E-state index contributed by atoms with van der Waals surface area (Å²) >= 11 is 5.78. The second kappa shape index (κ2) is 7.45. The predicted octanol–water partition coefficient (Wildman–Crippen LogP) is 5.28. The van der Waals surface area contributed by atoms with Crippen LogP contribution in [0.25, 0.3) is 17.4 Å². The molecule has 2 aromatic carbocycles. The lowest BCUT2D eigenvalue weighted by Crippen LogP contribution is -2.09. The third-order valence-electron chi connectivity index (χ3n) is 3.74. The summed E-state index contributed by atoms with van der Waals surface area (Å²) in [4.78, 5) is 12.1. The Hall–Kier alpha value is -3.05. The Morgan fingerprint density at radius 1 is 1.19 bits per heavy atom. The molecule has 6 heteroatoms. The van der Waals surface area contributed by atoms with Crippen molar-refractivity contribution in [1.29, 1.82) is 0 Å². The van der Waals surface area contributed by atoms with E-state index in [0.29, 0.717) is 28.5 Å². The second-order valence-corrected chi connectivity index (χ2v) is 6.14. The molecular formula is C20H16ClFN2O2. The van der Waals surface area contributed by atoms with Crippen LogP contribution < -0.4 is 11.1 Å². The largest absolute Gasteiger partial charge is 0.457 e. The Labute approximate surface area is 155 Å². The van der Waals surface area contributed by atoms with Crippen molar-refractivity contribution in [1.82, 2.24) is 0 Å². The summed E-state index contributed by atoms with van der Waals surface area (Å²) in [5, 5.41) is 2.80. The fourth-order valence-corrected chi connectivity index (χ4v) is 2.59. The standard InChI is InChI=1S/C20H16ClFN2O2/c1-12-10-14(23)3-7-18(12)24-20(25)9-5-15-4-8-19(26-15)13-2-6-17(22)16(21)11-13/h2-11H,23H2,1H3,(H,24,25)/b9-5+. The Morgan fingerprint density at radius 2 is 2.00 bits per heavy atom. The maximum Gasteiger partial charge on any atom is 0.248 e. The summed E-state index contributed by atoms with van der Waals surface area (Å²) in [7, 11) is 0. The molecule has 0 spiro atoms. The van der Waals surface area contributed by atoms with Crippen LogP contribution in [0.4, 0.5) is 15.8 Å². The van der Waals surface area contributed by atoms with Gasteiger partial charge in [-0.3, -0.25) is 4.79 Å². The van der Waals surface area contributed by atoms with Crippen LogP contribution in [0.15, 0.2) is 59.0 Å². The van der Waals surface area contributed by atoms with Gasteiger partial charge in [0.1, 0.15) is 17.3 Å². The highest BCUT2D eigenvalue weighted by Gasteiger charge is 2.07. The average Bonchev–Trinajstić information content (AvgIpc) is 3.07. The topological polar surface area (TPSA) is 68.3 Å². The highest BCUT2D eigenvalue weighted by molar-refractivity contribution is 6.31. The summed E-state index contributed by atoms with van der Waals surface area (Å²) in [6, 6.07) is 13.0. The number of carbonyl (C=O) groups excluding carboxylic acids is 1. The van der Waals surface area contributed by atoms with Gasteiger partial charge in [0.05, 0.1) is 5.02 Å². The van der Waals surface area contributed by atoms with E-state index in [1.807, 2.05) is 6.92 Å². The highest BCUT2D eigenvalue weighted by atomic mass is 35.5. The van der Waals surface area contributed by atoms with Crippen molar-refractivity contribution in [2.45, 2.75) is 6.92 Å². The number of furan rings is 1. The first-order valence-electron chi connectivity index (χ1n) is 7.83. The molecular weight excluding hydrogens is 355 g/mol. The van der Waals surface area contributed by atoms with Gasteiger partial charge in [0, 0.05) is 23.0 Å². The minimum absolute atomic E-state index is 0.0224. The zero-order valence-corrected chi connectivity index (χ0v) is 14.7. The number of hydrogen-bond donors (Lipinski definition) is 2. The number of hydrogen-bond acceptors (Lipinski definition) is 3. The number of rotatable bonds is 4. The van der Waals surface area contributed by atoms with Crippen molar-refractivity contribution in [3.63, 3.8) is 0 Å². The summed E-state index contributed by atoms with van der Waals surface area (Å²) < 4.78 is 18.9. The van der Waals surface area contributed by atoms with Gasteiger partial charge in [-0.25, -0.2) is 4.39 Å². The first-order chi connectivity index (χ1) is 12.4. The molecule has 0 unspecified atom stereocenters. The highest BCUT2D eigenvalue weighted by Crippen LogP contribution is 2.27. The van der Waals surface area contributed by atoms with Gasteiger partial charge in [-0.1, -0.05) is 11.6 Å². The fourth-order valence-electron chi connectivity index (χ4n) is 2.41. The lowest BCUT2D eigenvalue weighted by atomic mass is 10.2. The number of halogens is 2. The molecule has 0 saturated carbocycles. The molecule has 4 nitrogen and oxygen atoms in total. The van der Waals surface area contributed by atoms with Crippen molar-refractivity contribution < 1.29 is 13.6 Å². The molecule has 0 radical (unpaired) electrons. The Bertz CT molecular complexity index is 995. The molecule has 1 amide bonds. The van der Waals surface area contributed by atoms with E-state index in [0.717, 1.165) is 5.56 Å². The van der Waals surface area contributed by atoms with Gasteiger partial charge in [0.2, 0.25) is 5.91 Å². The minimum Gasteiger partial charge on any atom is -0.457 e. The first kappa shape index (κ1) is 17.8. The molecule has 132 valence electrons. The number of nitrogens with one attached hydrogen (secondary N) is 1. The van der Waals surface area contributed by atoms with Gasteiger partial charge >= 0.3 is 0 Å². The maximum absolute atomic E-state index is 13.2. The van der Waals surface area contributed by atoms with E-state index in [1.165, 1.54) is 18.2 Å². The van der Waals surface area contributed by atoms with E-state index in [2.05, 4.69) is 5.32 Å². The lowest BCUT2D eigenvalue weighted by molar-refractivity contribution is -0.111. The smallest absolute Gasteiger partial charge is 0.248 e. The quantitative estimate of drug-likeness (QED) is 0.485. The number of nitrogens with two attached hydrogens (primary N) is 1. The predicted molar refractivity (Wildman–Crippen MR) is 102 cm³/mol. The van der Waals surface area contributed by atoms with Crippen molar-refractivity contribution in [2.24, 2.45) is 0 Å². The van der Waals surface area contributed by atoms with Crippen LogP contribution in [0, 0.1) is 12.7 Å². The van der Waals surface area contributed by atoms with Gasteiger partial charge < -0.3 is 15.5 Å². The van der Waals surface area contributed by atoms with Gasteiger partial charge in [0.15, 0.2) is 0 Å². The van der Waals surface area contributed by atoms with Crippen molar-refractivity contribution in [2.75, 3.05) is 11.1 Å². The minimum atomic E-state index is -0.489. The van der Waals surface area contributed by atoms with Crippen molar-refractivity contribution in [3.8, 4) is 11.3 Å². The number of nitrogen functional groups attached to an aromatic ring is 1. The molecule has 0 saturated heterocycles. The van der Waals surface area contributed by atoms with Crippen LogP contribution in [-0.2, 0) is 4.79 Å². The third kappa shape index (κ3) is 4.13. The molecule has 3 aromatic rings. The molecule has 1 heterocycles. The van der Waals surface area contributed by atoms with E-state index >= 15 is 0 Å². The molecule has 0 fully saturated rings. The zero-order chi connectivity index (χ0) is 18.7. The molecule has 26 heavy (non-hydrogen) atoms. The molecule has 3 rings (SSSR count). The lowest BCUT2D eigenvalue weighted by Gasteiger charge is -2.06. The molecule has 0 aliphatic carbocycles. The van der Waals surface area contributed by atoms with Gasteiger partial charge in [0.25, 0.3) is 0 Å². The van der Waals surface area contributed by atoms with Crippen LogP contribution in [0.1, 0.15) is 11.3 Å². The monoisotopic (exact) mass is 370 g/mol. The molecule has 0 aliphatic heterocycles. The van der Waals surface area contributed by atoms with Gasteiger partial charge in [-0.2, -0.15) is 0 Å². The third-order valence-corrected chi connectivity index (χ3v) is 4.03. The van der Waals surface area contributed by atoms with E-state index in [1.54, 1.807) is 42.5 Å². The van der Waals surface area contributed by atoms with E-state index in [9.17, 15) is 9.18 Å². The number of benzene rings is 2. The van der Waals surface area contributed by atoms with E-state index in [-0.39, 0.29) is 10.9 Å². The normalized spacial score (nSPS) is 11.0. The molecule has 1 aromatic heterocycles. The summed E-state index contributed by atoms with van der Waals surface area (Å²) in [6.45, 7) is 1.86. The maximum atomic E-state index is 13.2. The van der Waals surface area contributed by atoms with Crippen LogP contribution in [0.2, 0.25) is 5.02 Å². The Kier molecular flexibility index (Phi) is 5.09. The average molecular weight is 371 g/mol. The number of aryl methyl sites for hydroxylation is 1. The summed E-state index contributed by atoms with van der Waals surface area (Å²) in [5.74, 6) is 0.239. The number of carbonyl (C=O) groups is 1. The first-order valence-corrected chi connectivity index (χ1v) is 8.20. The molecule has 3 N–H and O–H groups in total. The van der Waals surface area contributed by atoms with E-state index < -0.39 is 5.82 Å². The van der Waals surface area contributed by atoms with E-state index in [4.69, 9.17) is 21.8 Å². The van der Waals surface area contributed by atoms with Crippen LogP contribution >= 0.6 is 11.6 Å². The Morgan fingerprint density at radius 3 is 2.73 bits per heavy atom. The molecule has 0 atom stereocenters. The SMILES string of the molecule is Cc1cc(N)ccc1NC(=O)/C=C/c1ccc(-c2ccc(F)c(Cl)c2)o1. The van der Waals surface area contributed by atoms with Crippen LogP contribution in [0.5, 0.6) is 0 Å².